The Bertz CT molecular complexity index is 266. The molecule has 0 aliphatic carbocycles. The third-order valence-corrected chi connectivity index (χ3v) is 3.41. The van der Waals surface area contributed by atoms with Crippen molar-refractivity contribution < 1.29 is 17.9 Å². The number of rotatable bonds is 5. The summed E-state index contributed by atoms with van der Waals surface area (Å²) in [5.74, 6) is -0.109. The molecule has 14 heavy (non-hydrogen) atoms. The van der Waals surface area contributed by atoms with Crippen molar-refractivity contribution in [1.29, 1.82) is 0 Å². The summed E-state index contributed by atoms with van der Waals surface area (Å²) in [5.41, 5.74) is 0. The highest BCUT2D eigenvalue weighted by atomic mass is 32.2. The van der Waals surface area contributed by atoms with Crippen LogP contribution in [0.15, 0.2) is 0 Å². The molecule has 1 rings (SSSR count). The predicted octanol–water partition coefficient (Wildman–Crippen LogP) is -1.56. The second-order valence-electron chi connectivity index (χ2n) is 3.76. The Morgan fingerprint density at radius 3 is 2.71 bits per heavy atom. The maximum absolute atomic E-state index is 10.5. The Morgan fingerprint density at radius 1 is 1.50 bits per heavy atom. The highest BCUT2D eigenvalue weighted by Gasteiger charge is 2.21. The van der Waals surface area contributed by atoms with Gasteiger partial charge < -0.3 is 4.90 Å². The molecule has 1 aliphatic rings. The fourth-order valence-corrected chi connectivity index (χ4v) is 2.28. The highest BCUT2D eigenvalue weighted by Crippen LogP contribution is 1.89. The summed E-state index contributed by atoms with van der Waals surface area (Å²) < 4.78 is 29.5. The van der Waals surface area contributed by atoms with Gasteiger partial charge in [0.25, 0.3) is 10.1 Å². The lowest BCUT2D eigenvalue weighted by molar-refractivity contribution is -0.891. The molecule has 1 fully saturated rings. The molecule has 0 bridgehead atoms. The molecule has 0 saturated carbocycles. The highest BCUT2D eigenvalue weighted by molar-refractivity contribution is 7.85. The average molecular weight is 223 g/mol. The van der Waals surface area contributed by atoms with E-state index in [4.69, 9.17) is 4.55 Å². The summed E-state index contributed by atoms with van der Waals surface area (Å²) in [6, 6.07) is 0. The minimum Gasteiger partial charge on any atom is -0.321 e. The van der Waals surface area contributed by atoms with Crippen molar-refractivity contribution in [3.05, 3.63) is 0 Å². The van der Waals surface area contributed by atoms with E-state index >= 15 is 0 Å². The van der Waals surface area contributed by atoms with Gasteiger partial charge in [-0.1, -0.05) is 6.92 Å². The van der Waals surface area contributed by atoms with Crippen molar-refractivity contribution in [3.8, 4) is 0 Å². The molecule has 1 saturated heterocycles. The van der Waals surface area contributed by atoms with Gasteiger partial charge >= 0.3 is 0 Å². The van der Waals surface area contributed by atoms with Gasteiger partial charge in [-0.15, -0.1) is 0 Å². The molecular formula is C8H19N2O3S+. The Balaban J connectivity index is 2.15. The lowest BCUT2D eigenvalue weighted by atomic mass is 10.4. The lowest BCUT2D eigenvalue weighted by Gasteiger charge is -2.13. The van der Waals surface area contributed by atoms with Crippen LogP contribution in [0, 0.1) is 0 Å². The van der Waals surface area contributed by atoms with Crippen molar-refractivity contribution >= 4 is 10.1 Å². The molecule has 1 unspecified atom stereocenters. The molecule has 1 aliphatic heterocycles. The summed E-state index contributed by atoms with van der Waals surface area (Å²) in [7, 11) is -3.76. The Hall–Kier alpha value is -0.170. The Kier molecular flexibility index (Phi) is 4.31. The first-order chi connectivity index (χ1) is 6.51. The van der Waals surface area contributed by atoms with E-state index in [1.165, 1.54) is 4.90 Å². The first-order valence-electron chi connectivity index (χ1n) is 5.02. The van der Waals surface area contributed by atoms with Crippen LogP contribution in [0.2, 0.25) is 0 Å². The third-order valence-electron chi connectivity index (χ3n) is 2.61. The van der Waals surface area contributed by atoms with Crippen molar-refractivity contribution in [1.82, 2.24) is 4.90 Å². The van der Waals surface area contributed by atoms with E-state index in [2.05, 4.69) is 11.8 Å². The Labute approximate surface area is 85.4 Å². The number of nitrogens with zero attached hydrogens (tertiary/aromatic N) is 1. The van der Waals surface area contributed by atoms with Gasteiger partial charge in [0.05, 0.1) is 25.4 Å². The fourth-order valence-electron chi connectivity index (χ4n) is 1.77. The zero-order valence-corrected chi connectivity index (χ0v) is 9.39. The summed E-state index contributed by atoms with van der Waals surface area (Å²) in [4.78, 5) is 3.75. The average Bonchev–Trinajstić information content (AvgIpc) is 2.50. The SMILES string of the molecule is CCN1CC[NH+](CCCS(=O)(=O)O)C1. The van der Waals surface area contributed by atoms with Gasteiger partial charge in [0.15, 0.2) is 0 Å². The minimum absolute atomic E-state index is 0.109. The van der Waals surface area contributed by atoms with E-state index in [1.54, 1.807) is 0 Å². The number of likely N-dealkylation sites (N-methyl/N-ethyl adjacent to an activating group) is 1. The second-order valence-corrected chi connectivity index (χ2v) is 5.33. The van der Waals surface area contributed by atoms with Gasteiger partial charge in [0.2, 0.25) is 0 Å². The molecule has 0 aromatic rings. The van der Waals surface area contributed by atoms with Crippen LogP contribution in [-0.4, -0.2) is 56.5 Å². The molecule has 1 heterocycles. The molecule has 5 nitrogen and oxygen atoms in total. The van der Waals surface area contributed by atoms with Crippen LogP contribution < -0.4 is 4.90 Å². The van der Waals surface area contributed by atoms with Crippen molar-refractivity contribution in [3.63, 3.8) is 0 Å². The van der Waals surface area contributed by atoms with E-state index in [0.717, 1.165) is 32.8 Å². The topological polar surface area (TPSA) is 62.0 Å². The molecule has 84 valence electrons. The Morgan fingerprint density at radius 2 is 2.21 bits per heavy atom. The third kappa shape index (κ3) is 4.36. The second kappa shape index (κ2) is 5.06. The van der Waals surface area contributed by atoms with Crippen LogP contribution in [0.5, 0.6) is 0 Å². The molecule has 0 radical (unpaired) electrons. The normalized spacial score (nSPS) is 24.3. The zero-order chi connectivity index (χ0) is 10.6. The lowest BCUT2D eigenvalue weighted by Crippen LogP contribution is -3.10. The molecular weight excluding hydrogens is 204 g/mol. The van der Waals surface area contributed by atoms with E-state index < -0.39 is 10.1 Å². The van der Waals surface area contributed by atoms with Crippen molar-refractivity contribution in [2.45, 2.75) is 13.3 Å². The monoisotopic (exact) mass is 223 g/mol. The van der Waals surface area contributed by atoms with E-state index in [1.807, 2.05) is 0 Å². The fraction of sp³-hybridized carbons (Fsp3) is 1.00. The zero-order valence-electron chi connectivity index (χ0n) is 8.57. The number of hydrogen-bond acceptors (Lipinski definition) is 3. The van der Waals surface area contributed by atoms with Crippen LogP contribution in [0.3, 0.4) is 0 Å². The maximum atomic E-state index is 10.5. The standard InChI is InChI=1S/C8H18N2O3S/c1-2-9-5-6-10(8-9)4-3-7-14(11,12)13/h2-8H2,1H3,(H,11,12,13)/p+1. The molecule has 1 atom stereocenters. The number of quaternary nitrogens is 1. The summed E-state index contributed by atoms with van der Waals surface area (Å²) in [5, 5.41) is 0. The quantitative estimate of drug-likeness (QED) is 0.554. The molecule has 0 spiro atoms. The van der Waals surface area contributed by atoms with Crippen LogP contribution >= 0.6 is 0 Å². The molecule has 6 heteroatoms. The van der Waals surface area contributed by atoms with E-state index in [-0.39, 0.29) is 5.75 Å². The molecule has 0 aromatic heterocycles. The van der Waals surface area contributed by atoms with Gasteiger partial charge in [-0.05, 0) is 0 Å². The molecule has 2 N–H and O–H groups in total. The van der Waals surface area contributed by atoms with Crippen LogP contribution in [0.1, 0.15) is 13.3 Å². The van der Waals surface area contributed by atoms with Crippen LogP contribution in [0.25, 0.3) is 0 Å². The first kappa shape index (κ1) is 11.9. The predicted molar refractivity (Wildman–Crippen MR) is 53.8 cm³/mol. The first-order valence-corrected chi connectivity index (χ1v) is 6.63. The van der Waals surface area contributed by atoms with Crippen molar-refractivity contribution in [2.24, 2.45) is 0 Å². The smallest absolute Gasteiger partial charge is 0.265 e. The van der Waals surface area contributed by atoms with Gasteiger partial charge in [-0.3, -0.25) is 9.45 Å². The summed E-state index contributed by atoms with van der Waals surface area (Å²) in [6.07, 6.45) is 0.547. The summed E-state index contributed by atoms with van der Waals surface area (Å²) >= 11 is 0. The summed E-state index contributed by atoms with van der Waals surface area (Å²) in [6.45, 7) is 7.19. The van der Waals surface area contributed by atoms with Crippen molar-refractivity contribution in [2.75, 3.05) is 38.6 Å². The van der Waals surface area contributed by atoms with E-state index in [0.29, 0.717) is 6.42 Å². The van der Waals surface area contributed by atoms with Gasteiger partial charge in [-0.25, -0.2) is 0 Å². The van der Waals surface area contributed by atoms with Gasteiger partial charge in [0, 0.05) is 13.0 Å². The largest absolute Gasteiger partial charge is 0.321 e. The number of hydrogen-bond donors (Lipinski definition) is 2. The van der Waals surface area contributed by atoms with Crippen LogP contribution in [0.4, 0.5) is 0 Å². The van der Waals surface area contributed by atoms with Crippen LogP contribution in [-0.2, 0) is 10.1 Å². The maximum Gasteiger partial charge on any atom is 0.265 e. The van der Waals surface area contributed by atoms with Gasteiger partial charge in [-0.2, -0.15) is 8.42 Å². The molecule has 0 amide bonds. The minimum atomic E-state index is -3.76. The number of nitrogens with one attached hydrogen (secondary N) is 1. The van der Waals surface area contributed by atoms with E-state index in [9.17, 15) is 8.42 Å². The van der Waals surface area contributed by atoms with Gasteiger partial charge in [0.1, 0.15) is 6.67 Å². The molecule has 0 aromatic carbocycles.